The van der Waals surface area contributed by atoms with E-state index in [1.807, 2.05) is 7.05 Å². The van der Waals surface area contributed by atoms with E-state index < -0.39 is 0 Å². The van der Waals surface area contributed by atoms with E-state index in [1.54, 1.807) is 23.0 Å². The second-order valence-corrected chi connectivity index (χ2v) is 3.47. The molecule has 0 aliphatic carbocycles. The van der Waals surface area contributed by atoms with Crippen molar-refractivity contribution < 1.29 is 4.39 Å². The van der Waals surface area contributed by atoms with Gasteiger partial charge in [-0.15, -0.1) is 5.10 Å². The van der Waals surface area contributed by atoms with Crippen molar-refractivity contribution in [3.05, 3.63) is 42.0 Å². The van der Waals surface area contributed by atoms with Crippen LogP contribution in [0.3, 0.4) is 0 Å². The van der Waals surface area contributed by atoms with Crippen LogP contribution in [0.5, 0.6) is 0 Å². The van der Waals surface area contributed by atoms with Gasteiger partial charge in [-0.05, 0) is 25.2 Å². The maximum Gasteiger partial charge on any atom is 0.125 e. The highest BCUT2D eigenvalue weighted by Crippen LogP contribution is 2.11. The molecule has 2 rings (SSSR count). The van der Waals surface area contributed by atoms with Gasteiger partial charge >= 0.3 is 0 Å². The Hall–Kier alpha value is -1.75. The van der Waals surface area contributed by atoms with Crippen LogP contribution >= 0.6 is 0 Å². The van der Waals surface area contributed by atoms with Crippen molar-refractivity contribution in [2.75, 3.05) is 13.6 Å². The molecule has 4 nitrogen and oxygen atoms in total. The molecule has 1 aromatic heterocycles. The zero-order chi connectivity index (χ0) is 11.4. The van der Waals surface area contributed by atoms with Crippen LogP contribution in [0.2, 0.25) is 0 Å². The highest BCUT2D eigenvalue weighted by atomic mass is 19.1. The second kappa shape index (κ2) is 4.85. The third-order valence-electron chi connectivity index (χ3n) is 2.30. The average Bonchev–Trinajstić information content (AvgIpc) is 2.74. The Bertz CT molecular complexity index is 467. The molecule has 1 heterocycles. The summed E-state index contributed by atoms with van der Waals surface area (Å²) in [6.07, 6.45) is 2.50. The summed E-state index contributed by atoms with van der Waals surface area (Å²) in [5.74, 6) is -0.271. The molecule has 0 aliphatic heterocycles. The van der Waals surface area contributed by atoms with Crippen molar-refractivity contribution in [2.45, 2.75) is 6.42 Å². The Kier molecular flexibility index (Phi) is 3.26. The van der Waals surface area contributed by atoms with E-state index in [0.29, 0.717) is 5.69 Å². The summed E-state index contributed by atoms with van der Waals surface area (Å²) >= 11 is 0. The highest BCUT2D eigenvalue weighted by Gasteiger charge is 2.06. The van der Waals surface area contributed by atoms with Crippen LogP contribution in [0.1, 0.15) is 5.69 Å². The van der Waals surface area contributed by atoms with E-state index in [9.17, 15) is 4.39 Å². The van der Waals surface area contributed by atoms with E-state index >= 15 is 0 Å². The van der Waals surface area contributed by atoms with Gasteiger partial charge in [-0.2, -0.15) is 0 Å². The van der Waals surface area contributed by atoms with Gasteiger partial charge in [0.15, 0.2) is 0 Å². The number of nitrogens with zero attached hydrogens (tertiary/aromatic N) is 3. The minimum atomic E-state index is -0.271. The largest absolute Gasteiger partial charge is 0.319 e. The zero-order valence-corrected chi connectivity index (χ0v) is 9.02. The number of hydrogen-bond donors (Lipinski definition) is 1. The molecule has 2 aromatic rings. The molecule has 0 fully saturated rings. The highest BCUT2D eigenvalue weighted by molar-refractivity contribution is 5.32. The quantitative estimate of drug-likeness (QED) is 0.841. The van der Waals surface area contributed by atoms with E-state index in [0.717, 1.165) is 18.7 Å². The monoisotopic (exact) mass is 220 g/mol. The van der Waals surface area contributed by atoms with Crippen LogP contribution in [0.4, 0.5) is 4.39 Å². The molecule has 84 valence electrons. The van der Waals surface area contributed by atoms with E-state index in [2.05, 4.69) is 15.6 Å². The maximum absolute atomic E-state index is 13.1. The summed E-state index contributed by atoms with van der Waals surface area (Å²) in [4.78, 5) is 0. The number of benzene rings is 1. The molecule has 0 unspecified atom stereocenters. The van der Waals surface area contributed by atoms with Gasteiger partial charge in [0.2, 0.25) is 0 Å². The van der Waals surface area contributed by atoms with Crippen molar-refractivity contribution in [1.29, 1.82) is 0 Å². The third kappa shape index (κ3) is 2.25. The lowest BCUT2D eigenvalue weighted by Gasteiger charge is -2.05. The molecule has 1 N–H and O–H groups in total. The molecular weight excluding hydrogens is 207 g/mol. The number of rotatable bonds is 4. The Morgan fingerprint density at radius 1 is 1.44 bits per heavy atom. The van der Waals surface area contributed by atoms with Crippen LogP contribution in [0.15, 0.2) is 30.5 Å². The first-order valence-corrected chi connectivity index (χ1v) is 5.11. The minimum absolute atomic E-state index is 0.271. The first kappa shape index (κ1) is 10.8. The number of likely N-dealkylation sites (N-methyl/N-ethyl adjacent to an activating group) is 1. The maximum atomic E-state index is 13.1. The van der Waals surface area contributed by atoms with E-state index in [4.69, 9.17) is 0 Å². The van der Waals surface area contributed by atoms with Crippen molar-refractivity contribution in [2.24, 2.45) is 0 Å². The van der Waals surface area contributed by atoms with Crippen molar-refractivity contribution in [3.8, 4) is 5.69 Å². The van der Waals surface area contributed by atoms with Crippen LogP contribution in [-0.4, -0.2) is 28.6 Å². The average molecular weight is 220 g/mol. The second-order valence-electron chi connectivity index (χ2n) is 3.47. The summed E-state index contributed by atoms with van der Waals surface area (Å²) in [6, 6.07) is 6.32. The van der Waals surface area contributed by atoms with Gasteiger partial charge in [-0.3, -0.25) is 0 Å². The fraction of sp³-hybridized carbons (Fsp3) is 0.273. The van der Waals surface area contributed by atoms with Gasteiger partial charge in [0.1, 0.15) is 5.82 Å². The van der Waals surface area contributed by atoms with Crippen molar-refractivity contribution >= 4 is 0 Å². The van der Waals surface area contributed by atoms with Gasteiger partial charge in [0.25, 0.3) is 0 Å². The predicted molar refractivity (Wildman–Crippen MR) is 58.9 cm³/mol. The van der Waals surface area contributed by atoms with Crippen LogP contribution in [-0.2, 0) is 6.42 Å². The SMILES string of the molecule is CNCCc1cnnn1-c1cccc(F)c1. The van der Waals surface area contributed by atoms with E-state index in [-0.39, 0.29) is 5.82 Å². The fourth-order valence-corrected chi connectivity index (χ4v) is 1.51. The van der Waals surface area contributed by atoms with Crippen LogP contribution in [0, 0.1) is 5.82 Å². The summed E-state index contributed by atoms with van der Waals surface area (Å²) in [5.41, 5.74) is 1.66. The molecule has 0 amide bonds. The number of aromatic nitrogens is 3. The lowest BCUT2D eigenvalue weighted by Crippen LogP contribution is -2.13. The molecule has 0 spiro atoms. The Morgan fingerprint density at radius 3 is 3.06 bits per heavy atom. The van der Waals surface area contributed by atoms with Crippen molar-refractivity contribution in [1.82, 2.24) is 20.3 Å². The number of nitrogens with one attached hydrogen (secondary N) is 1. The first-order chi connectivity index (χ1) is 7.81. The summed E-state index contributed by atoms with van der Waals surface area (Å²) in [5, 5.41) is 10.8. The van der Waals surface area contributed by atoms with Gasteiger partial charge < -0.3 is 5.32 Å². The standard InChI is InChI=1S/C11H13FN4/c1-13-6-5-11-8-14-15-16(11)10-4-2-3-9(12)7-10/h2-4,7-8,13H,5-6H2,1H3. The number of hydrogen-bond acceptors (Lipinski definition) is 3. The summed E-state index contributed by atoms with van der Waals surface area (Å²) in [7, 11) is 1.89. The van der Waals surface area contributed by atoms with Gasteiger partial charge in [-0.25, -0.2) is 9.07 Å². The lowest BCUT2D eigenvalue weighted by atomic mass is 10.3. The predicted octanol–water partition coefficient (Wildman–Crippen LogP) is 1.17. The fourth-order valence-electron chi connectivity index (χ4n) is 1.51. The van der Waals surface area contributed by atoms with Gasteiger partial charge in [0.05, 0.1) is 17.6 Å². The van der Waals surface area contributed by atoms with Gasteiger partial charge in [0, 0.05) is 13.0 Å². The first-order valence-electron chi connectivity index (χ1n) is 5.11. The molecule has 0 saturated carbocycles. The number of halogens is 1. The normalized spacial score (nSPS) is 10.6. The molecule has 0 bridgehead atoms. The molecule has 0 atom stereocenters. The Balaban J connectivity index is 2.29. The smallest absolute Gasteiger partial charge is 0.125 e. The Labute approximate surface area is 93.1 Å². The van der Waals surface area contributed by atoms with Gasteiger partial charge in [-0.1, -0.05) is 11.3 Å². The molecule has 16 heavy (non-hydrogen) atoms. The topological polar surface area (TPSA) is 42.7 Å². The van der Waals surface area contributed by atoms with E-state index in [1.165, 1.54) is 12.1 Å². The summed E-state index contributed by atoms with van der Waals surface area (Å²) in [6.45, 7) is 0.836. The Morgan fingerprint density at radius 2 is 2.31 bits per heavy atom. The minimum Gasteiger partial charge on any atom is -0.319 e. The molecular formula is C11H13FN4. The molecule has 0 aliphatic rings. The third-order valence-corrected chi connectivity index (χ3v) is 2.30. The van der Waals surface area contributed by atoms with Crippen LogP contribution < -0.4 is 5.32 Å². The molecule has 0 radical (unpaired) electrons. The molecule has 0 saturated heterocycles. The van der Waals surface area contributed by atoms with Crippen molar-refractivity contribution in [3.63, 3.8) is 0 Å². The van der Waals surface area contributed by atoms with Crippen LogP contribution in [0.25, 0.3) is 5.69 Å². The summed E-state index contributed by atoms with van der Waals surface area (Å²) < 4.78 is 14.7. The molecule has 5 heteroatoms. The lowest BCUT2D eigenvalue weighted by molar-refractivity contribution is 0.623. The zero-order valence-electron chi connectivity index (χ0n) is 9.02. The molecule has 1 aromatic carbocycles.